The van der Waals surface area contributed by atoms with Crippen molar-refractivity contribution in [3.8, 4) is 0 Å². The molecule has 11 nitrogen and oxygen atoms in total. The number of hydrogen-bond donors (Lipinski definition) is 2. The Labute approximate surface area is 292 Å². The Bertz CT molecular complexity index is 1210. The number of aliphatic hydroxyl groups excluding tert-OH is 1. The summed E-state index contributed by atoms with van der Waals surface area (Å²) in [4.78, 5) is 44.3. The van der Waals surface area contributed by atoms with Crippen LogP contribution in [0, 0.1) is 11.8 Å². The predicted molar refractivity (Wildman–Crippen MR) is 188 cm³/mol. The Morgan fingerprint density at radius 1 is 1.02 bits per heavy atom. The first-order valence-electron chi connectivity index (χ1n) is 18.3. The summed E-state index contributed by atoms with van der Waals surface area (Å²) in [5, 5.41) is 22.2. The number of ether oxygens (including phenoxy) is 3. The SMILES string of the molecule is C/C(=C\C=C\[C@@H](C)COC(=O)N1CC=CC1)[C@H]1OC(=O)C[C@H](O)CC[C@@](C)(O)[C@@H](OC(=O)N2CCN(C3CCCCCC3)CC2)/C=C\[C@@H]1C. The van der Waals surface area contributed by atoms with Crippen LogP contribution < -0.4 is 0 Å². The molecule has 4 rings (SSSR count). The minimum absolute atomic E-state index is 0.0349. The van der Waals surface area contributed by atoms with E-state index in [-0.39, 0.29) is 43.8 Å². The number of rotatable bonds is 7. The maximum absolute atomic E-state index is 13.4. The van der Waals surface area contributed by atoms with Crippen molar-refractivity contribution in [1.82, 2.24) is 14.7 Å². The van der Waals surface area contributed by atoms with E-state index in [0.29, 0.717) is 32.2 Å². The Morgan fingerprint density at radius 3 is 2.37 bits per heavy atom. The largest absolute Gasteiger partial charge is 0.457 e. The van der Waals surface area contributed by atoms with E-state index in [2.05, 4.69) is 4.90 Å². The number of allylic oxidation sites excluding steroid dienone is 2. The molecule has 11 heteroatoms. The molecule has 2 fully saturated rings. The van der Waals surface area contributed by atoms with Gasteiger partial charge in [-0.2, -0.15) is 0 Å². The Morgan fingerprint density at radius 2 is 1.69 bits per heavy atom. The molecule has 0 spiro atoms. The normalized spacial score (nSPS) is 31.4. The van der Waals surface area contributed by atoms with Gasteiger partial charge in [0.15, 0.2) is 6.10 Å². The second-order valence-corrected chi connectivity index (χ2v) is 14.6. The van der Waals surface area contributed by atoms with Crippen molar-refractivity contribution in [1.29, 1.82) is 0 Å². The average molecular weight is 686 g/mol. The second-order valence-electron chi connectivity index (χ2n) is 14.6. The highest BCUT2D eigenvalue weighted by atomic mass is 16.6. The molecule has 0 aromatic carbocycles. The van der Waals surface area contributed by atoms with Gasteiger partial charge >= 0.3 is 18.2 Å². The first kappa shape index (κ1) is 38.6. The fourth-order valence-corrected chi connectivity index (χ4v) is 7.00. The van der Waals surface area contributed by atoms with E-state index in [0.717, 1.165) is 18.7 Å². The molecular weight excluding hydrogens is 626 g/mol. The first-order chi connectivity index (χ1) is 23.4. The van der Waals surface area contributed by atoms with Gasteiger partial charge in [-0.25, -0.2) is 9.59 Å². The fourth-order valence-electron chi connectivity index (χ4n) is 7.00. The van der Waals surface area contributed by atoms with Crippen LogP contribution in [-0.2, 0) is 19.0 Å². The molecule has 0 aromatic heterocycles. The van der Waals surface area contributed by atoms with Crippen LogP contribution >= 0.6 is 0 Å². The predicted octanol–water partition coefficient (Wildman–Crippen LogP) is 5.38. The maximum atomic E-state index is 13.4. The third-order valence-corrected chi connectivity index (χ3v) is 10.3. The van der Waals surface area contributed by atoms with Crippen molar-refractivity contribution in [3.05, 3.63) is 48.1 Å². The van der Waals surface area contributed by atoms with E-state index in [1.807, 2.05) is 57.2 Å². The summed E-state index contributed by atoms with van der Waals surface area (Å²) in [6.45, 7) is 11.5. The van der Waals surface area contributed by atoms with Gasteiger partial charge in [-0.05, 0) is 51.2 Å². The highest BCUT2D eigenvalue weighted by Gasteiger charge is 2.37. The van der Waals surface area contributed by atoms with Gasteiger partial charge < -0.3 is 34.2 Å². The molecule has 0 radical (unpaired) electrons. The zero-order valence-corrected chi connectivity index (χ0v) is 30.0. The molecule has 2 N–H and O–H groups in total. The quantitative estimate of drug-likeness (QED) is 0.119. The van der Waals surface area contributed by atoms with Crippen LogP contribution in [0.2, 0.25) is 0 Å². The molecule has 0 aromatic rings. The van der Waals surface area contributed by atoms with Gasteiger partial charge in [0.2, 0.25) is 0 Å². The summed E-state index contributed by atoms with van der Waals surface area (Å²) < 4.78 is 17.3. The van der Waals surface area contributed by atoms with Crippen LogP contribution in [-0.4, -0.2) is 119 Å². The fraction of sp³-hybridized carbons (Fsp3) is 0.711. The van der Waals surface area contributed by atoms with Gasteiger partial charge in [-0.15, -0.1) is 0 Å². The van der Waals surface area contributed by atoms with E-state index < -0.39 is 36.0 Å². The molecule has 4 aliphatic rings. The Balaban J connectivity index is 1.40. The van der Waals surface area contributed by atoms with Gasteiger partial charge in [0, 0.05) is 57.1 Å². The van der Waals surface area contributed by atoms with Crippen LogP contribution in [0.4, 0.5) is 9.59 Å². The topological polar surface area (TPSA) is 129 Å². The number of carbonyl (C=O) groups is 3. The molecule has 0 unspecified atom stereocenters. The van der Waals surface area contributed by atoms with Crippen molar-refractivity contribution in [3.63, 3.8) is 0 Å². The van der Waals surface area contributed by atoms with Crippen LogP contribution in [0.1, 0.15) is 85.5 Å². The highest BCUT2D eigenvalue weighted by Crippen LogP contribution is 2.28. The van der Waals surface area contributed by atoms with Gasteiger partial charge in [0.05, 0.1) is 19.1 Å². The summed E-state index contributed by atoms with van der Waals surface area (Å²) in [6.07, 6.45) is 17.2. The standard InChI is InChI=1S/C38H59N3O8/c1-28(27-47-36(44)40-20-9-10-21-40)12-11-13-29(2)35-30(3)16-17-33(38(4,46)19-18-32(42)26-34(43)49-35)48-37(45)41-24-22-39(23-25-41)31-14-7-5-6-8-15-31/h9-13,16-17,28,30-33,35,42,46H,5-8,14-15,18-27H2,1-4H3/b12-11+,17-16-,29-13+/t28-,30+,32-,33+,35-,38-/m1/s1. The zero-order chi connectivity index (χ0) is 35.4. The molecule has 1 saturated carbocycles. The number of cyclic esters (lactones) is 1. The van der Waals surface area contributed by atoms with E-state index in [1.54, 1.807) is 22.8 Å². The number of aliphatic hydroxyl groups is 2. The van der Waals surface area contributed by atoms with E-state index in [4.69, 9.17) is 14.2 Å². The van der Waals surface area contributed by atoms with Crippen LogP contribution in [0.15, 0.2) is 48.1 Å². The van der Waals surface area contributed by atoms with Crippen LogP contribution in [0.25, 0.3) is 0 Å². The molecule has 1 aliphatic carbocycles. The third kappa shape index (κ3) is 12.0. The number of carbonyl (C=O) groups excluding carboxylic acids is 3. The monoisotopic (exact) mass is 685 g/mol. The first-order valence-corrected chi connectivity index (χ1v) is 18.3. The van der Waals surface area contributed by atoms with Crippen molar-refractivity contribution in [2.45, 2.75) is 115 Å². The molecular formula is C38H59N3O8. The molecule has 3 heterocycles. The van der Waals surface area contributed by atoms with E-state index >= 15 is 0 Å². The summed E-state index contributed by atoms with van der Waals surface area (Å²) in [5.41, 5.74) is -0.695. The lowest BCUT2D eigenvalue weighted by Crippen LogP contribution is -2.53. The minimum Gasteiger partial charge on any atom is -0.457 e. The highest BCUT2D eigenvalue weighted by molar-refractivity contribution is 5.70. The smallest absolute Gasteiger partial charge is 0.410 e. The van der Waals surface area contributed by atoms with Gasteiger partial charge in [-0.1, -0.05) is 76.0 Å². The second kappa shape index (κ2) is 18.7. The van der Waals surface area contributed by atoms with Gasteiger partial charge in [-0.3, -0.25) is 9.69 Å². The van der Waals surface area contributed by atoms with Crippen molar-refractivity contribution in [2.24, 2.45) is 11.8 Å². The van der Waals surface area contributed by atoms with Crippen molar-refractivity contribution >= 4 is 18.2 Å². The van der Waals surface area contributed by atoms with Crippen LogP contribution in [0.5, 0.6) is 0 Å². The minimum atomic E-state index is -1.47. The molecule has 0 bridgehead atoms. The average Bonchev–Trinajstić information content (AvgIpc) is 3.49. The zero-order valence-electron chi connectivity index (χ0n) is 30.0. The maximum Gasteiger partial charge on any atom is 0.410 e. The lowest BCUT2D eigenvalue weighted by molar-refractivity contribution is -0.151. The Kier molecular flexibility index (Phi) is 14.8. The molecule has 3 aliphatic heterocycles. The van der Waals surface area contributed by atoms with Crippen molar-refractivity contribution < 1.29 is 38.8 Å². The third-order valence-electron chi connectivity index (χ3n) is 10.3. The van der Waals surface area contributed by atoms with Gasteiger partial charge in [0.1, 0.15) is 11.7 Å². The summed E-state index contributed by atoms with van der Waals surface area (Å²) in [5.74, 6) is -0.901. The lowest BCUT2D eigenvalue weighted by atomic mass is 9.89. The van der Waals surface area contributed by atoms with E-state index in [1.165, 1.54) is 38.5 Å². The summed E-state index contributed by atoms with van der Waals surface area (Å²) >= 11 is 0. The molecule has 49 heavy (non-hydrogen) atoms. The summed E-state index contributed by atoms with van der Waals surface area (Å²) in [6, 6.07) is 0.587. The lowest BCUT2D eigenvalue weighted by Gasteiger charge is -2.40. The van der Waals surface area contributed by atoms with Crippen LogP contribution in [0.3, 0.4) is 0 Å². The molecule has 6 atom stereocenters. The number of amides is 2. The summed E-state index contributed by atoms with van der Waals surface area (Å²) in [7, 11) is 0. The number of nitrogens with zero attached hydrogens (tertiary/aromatic N) is 3. The van der Waals surface area contributed by atoms with Crippen molar-refractivity contribution in [2.75, 3.05) is 45.9 Å². The van der Waals surface area contributed by atoms with E-state index in [9.17, 15) is 24.6 Å². The number of hydrogen-bond acceptors (Lipinski definition) is 9. The molecule has 274 valence electrons. The number of piperazine rings is 1. The Hall–Kier alpha value is -3.15. The number of esters is 1. The van der Waals surface area contributed by atoms with Gasteiger partial charge in [0.25, 0.3) is 0 Å². The molecule has 2 amide bonds. The molecule has 1 saturated heterocycles.